The number of rotatable bonds is 4. The normalized spacial score (nSPS) is 16.3. The lowest BCUT2D eigenvalue weighted by Crippen LogP contribution is -2.21. The second-order valence-electron chi connectivity index (χ2n) is 5.34. The third kappa shape index (κ3) is 4.37. The van der Waals surface area contributed by atoms with Crippen molar-refractivity contribution in [2.45, 2.75) is 45.4 Å². The van der Waals surface area contributed by atoms with Gasteiger partial charge in [-0.15, -0.1) is 0 Å². The Balaban J connectivity index is 2.39. The molecule has 0 aromatic carbocycles. The fourth-order valence-corrected chi connectivity index (χ4v) is 2.31. The third-order valence-electron chi connectivity index (χ3n) is 3.06. The summed E-state index contributed by atoms with van der Waals surface area (Å²) in [6.07, 6.45) is 5.85. The monoisotopic (exact) mass is 272 g/mol. The van der Waals surface area contributed by atoms with Gasteiger partial charge < -0.3 is 4.98 Å². The minimum Gasteiger partial charge on any atom is -0.349 e. The molecule has 0 saturated carbocycles. The Morgan fingerprint density at radius 1 is 1.47 bits per heavy atom. The van der Waals surface area contributed by atoms with Crippen LogP contribution in [0.1, 0.15) is 39.9 Å². The molecule has 2 nitrogen and oxygen atoms in total. The maximum absolute atomic E-state index is 4.24. The number of hydrogen-bond donors (Lipinski definition) is 1. The highest BCUT2D eigenvalue weighted by atomic mass is 79.9. The van der Waals surface area contributed by atoms with Crippen LogP contribution in [0, 0.1) is 11.3 Å². The van der Waals surface area contributed by atoms with Crippen molar-refractivity contribution in [2.75, 3.05) is 0 Å². The Morgan fingerprint density at radius 2 is 2.13 bits per heavy atom. The molecule has 1 rings (SSSR count). The lowest BCUT2D eigenvalue weighted by Gasteiger charge is -2.28. The molecule has 0 aliphatic rings. The van der Waals surface area contributed by atoms with Crippen LogP contribution in [0.4, 0.5) is 0 Å². The predicted octanol–water partition coefficient (Wildman–Crippen LogP) is 3.79. The van der Waals surface area contributed by atoms with Crippen molar-refractivity contribution in [2.24, 2.45) is 11.3 Å². The van der Waals surface area contributed by atoms with E-state index >= 15 is 0 Å². The summed E-state index contributed by atoms with van der Waals surface area (Å²) in [5.74, 6) is 1.77. The van der Waals surface area contributed by atoms with Gasteiger partial charge in [-0.25, -0.2) is 4.98 Å². The number of aromatic amines is 1. The van der Waals surface area contributed by atoms with Crippen LogP contribution < -0.4 is 0 Å². The van der Waals surface area contributed by atoms with E-state index in [1.54, 1.807) is 0 Å². The zero-order valence-corrected chi connectivity index (χ0v) is 11.6. The molecule has 2 unspecified atom stereocenters. The van der Waals surface area contributed by atoms with Crippen molar-refractivity contribution in [1.29, 1.82) is 0 Å². The highest BCUT2D eigenvalue weighted by molar-refractivity contribution is 9.09. The van der Waals surface area contributed by atoms with Crippen LogP contribution in [0.2, 0.25) is 0 Å². The fourth-order valence-electron chi connectivity index (χ4n) is 1.44. The van der Waals surface area contributed by atoms with Gasteiger partial charge in [0.05, 0.1) is 0 Å². The number of alkyl halides is 1. The van der Waals surface area contributed by atoms with Crippen LogP contribution in [0.3, 0.4) is 0 Å². The van der Waals surface area contributed by atoms with Gasteiger partial charge in [0, 0.05) is 23.6 Å². The molecule has 1 aromatic heterocycles. The molecule has 0 fully saturated rings. The molecule has 1 aromatic rings. The van der Waals surface area contributed by atoms with Gasteiger partial charge in [-0.05, 0) is 17.8 Å². The van der Waals surface area contributed by atoms with Gasteiger partial charge in [0.25, 0.3) is 0 Å². The molecule has 0 saturated heterocycles. The molecular weight excluding hydrogens is 252 g/mol. The lowest BCUT2D eigenvalue weighted by molar-refractivity contribution is 0.246. The topological polar surface area (TPSA) is 28.7 Å². The van der Waals surface area contributed by atoms with E-state index in [-0.39, 0.29) is 0 Å². The van der Waals surface area contributed by atoms with E-state index < -0.39 is 0 Å². The van der Waals surface area contributed by atoms with E-state index in [0.29, 0.717) is 16.2 Å². The third-order valence-corrected chi connectivity index (χ3v) is 3.75. The van der Waals surface area contributed by atoms with E-state index in [0.717, 1.165) is 12.2 Å². The summed E-state index contributed by atoms with van der Waals surface area (Å²) in [4.78, 5) is 7.89. The number of imidazole rings is 1. The molecule has 2 atom stereocenters. The number of aromatic nitrogens is 2. The van der Waals surface area contributed by atoms with Gasteiger partial charge in [0.2, 0.25) is 0 Å². The van der Waals surface area contributed by atoms with Crippen LogP contribution >= 0.6 is 15.9 Å². The minimum atomic E-state index is 0.384. The molecule has 0 aliphatic carbocycles. The Hall–Kier alpha value is -0.310. The van der Waals surface area contributed by atoms with Crippen molar-refractivity contribution >= 4 is 15.9 Å². The van der Waals surface area contributed by atoms with E-state index in [1.165, 1.54) is 6.42 Å². The quantitative estimate of drug-likeness (QED) is 0.831. The standard InChI is InChI=1S/C12H21BrN2/c1-9(12(2,3)4)7-10(13)8-11-14-5-6-15-11/h5-6,9-10H,7-8H2,1-4H3,(H,14,15). The Morgan fingerprint density at radius 3 is 2.60 bits per heavy atom. The summed E-state index contributed by atoms with van der Waals surface area (Å²) >= 11 is 3.73. The Labute approximate surface area is 101 Å². The van der Waals surface area contributed by atoms with Crippen molar-refractivity contribution in [3.63, 3.8) is 0 Å². The second kappa shape index (κ2) is 5.15. The molecule has 1 N–H and O–H groups in total. The SMILES string of the molecule is CC(CC(Br)Cc1ncc[nH]1)C(C)(C)C. The Bertz CT molecular complexity index is 274. The first-order valence-corrected chi connectivity index (χ1v) is 6.43. The van der Waals surface area contributed by atoms with Gasteiger partial charge in [0.15, 0.2) is 0 Å². The molecule has 0 radical (unpaired) electrons. The molecule has 15 heavy (non-hydrogen) atoms. The maximum atomic E-state index is 4.24. The van der Waals surface area contributed by atoms with Gasteiger partial charge in [0.1, 0.15) is 5.82 Å². The molecule has 0 spiro atoms. The van der Waals surface area contributed by atoms with E-state index in [4.69, 9.17) is 0 Å². The Kier molecular flexibility index (Phi) is 4.38. The fraction of sp³-hybridized carbons (Fsp3) is 0.750. The lowest BCUT2D eigenvalue weighted by atomic mass is 9.79. The largest absolute Gasteiger partial charge is 0.349 e. The highest BCUT2D eigenvalue weighted by Crippen LogP contribution is 2.31. The molecule has 0 bridgehead atoms. The van der Waals surface area contributed by atoms with Gasteiger partial charge in [-0.1, -0.05) is 43.6 Å². The van der Waals surface area contributed by atoms with Crippen LogP contribution in [-0.4, -0.2) is 14.8 Å². The van der Waals surface area contributed by atoms with Crippen molar-refractivity contribution < 1.29 is 0 Å². The summed E-state index contributed by atoms with van der Waals surface area (Å²) in [5.41, 5.74) is 0.384. The first-order valence-electron chi connectivity index (χ1n) is 5.52. The van der Waals surface area contributed by atoms with E-state index in [2.05, 4.69) is 53.6 Å². The molecule has 1 heterocycles. The smallest absolute Gasteiger partial charge is 0.107 e. The first kappa shape index (κ1) is 12.8. The van der Waals surface area contributed by atoms with Crippen molar-refractivity contribution in [1.82, 2.24) is 9.97 Å². The summed E-state index contributed by atoms with van der Waals surface area (Å²) < 4.78 is 0. The number of nitrogens with zero attached hydrogens (tertiary/aromatic N) is 1. The number of nitrogens with one attached hydrogen (secondary N) is 1. The van der Waals surface area contributed by atoms with Crippen LogP contribution in [0.25, 0.3) is 0 Å². The zero-order valence-electron chi connectivity index (χ0n) is 10.0. The van der Waals surface area contributed by atoms with Crippen LogP contribution in [0.5, 0.6) is 0 Å². The predicted molar refractivity (Wildman–Crippen MR) is 68.2 cm³/mol. The summed E-state index contributed by atoms with van der Waals surface area (Å²) in [6, 6.07) is 0. The van der Waals surface area contributed by atoms with E-state index in [9.17, 15) is 0 Å². The van der Waals surface area contributed by atoms with Crippen LogP contribution in [-0.2, 0) is 6.42 Å². The number of H-pyrrole nitrogens is 1. The van der Waals surface area contributed by atoms with Crippen LogP contribution in [0.15, 0.2) is 12.4 Å². The van der Waals surface area contributed by atoms with Crippen molar-refractivity contribution in [3.05, 3.63) is 18.2 Å². The highest BCUT2D eigenvalue weighted by Gasteiger charge is 2.22. The zero-order chi connectivity index (χ0) is 11.5. The number of hydrogen-bond acceptors (Lipinski definition) is 1. The average Bonchev–Trinajstić information content (AvgIpc) is 2.54. The first-order chi connectivity index (χ1) is 6.89. The van der Waals surface area contributed by atoms with Gasteiger partial charge in [-0.3, -0.25) is 0 Å². The summed E-state index contributed by atoms with van der Waals surface area (Å²) in [6.45, 7) is 9.20. The van der Waals surface area contributed by atoms with Gasteiger partial charge >= 0.3 is 0 Å². The molecule has 0 aliphatic heterocycles. The molecular formula is C12H21BrN2. The second-order valence-corrected chi connectivity index (χ2v) is 6.64. The van der Waals surface area contributed by atoms with Crippen molar-refractivity contribution in [3.8, 4) is 0 Å². The minimum absolute atomic E-state index is 0.384. The maximum Gasteiger partial charge on any atom is 0.107 e. The van der Waals surface area contributed by atoms with Gasteiger partial charge in [-0.2, -0.15) is 0 Å². The molecule has 0 amide bonds. The van der Waals surface area contributed by atoms with E-state index in [1.807, 2.05) is 12.4 Å². The molecule has 3 heteroatoms. The summed E-state index contributed by atoms with van der Waals surface area (Å²) in [5, 5.41) is 0. The average molecular weight is 273 g/mol. The summed E-state index contributed by atoms with van der Waals surface area (Å²) in [7, 11) is 0. The molecule has 86 valence electrons. The number of halogens is 1.